The molecule has 8 nitrogen and oxygen atoms in total. The van der Waals surface area contributed by atoms with Crippen LogP contribution in [0, 0.1) is 5.21 Å². The highest BCUT2D eigenvalue weighted by Crippen LogP contribution is 2.31. The van der Waals surface area contributed by atoms with Crippen molar-refractivity contribution in [1.82, 2.24) is 0 Å². The van der Waals surface area contributed by atoms with Crippen LogP contribution in [-0.2, 0) is 6.61 Å². The Morgan fingerprint density at radius 1 is 0.969 bits per heavy atom. The largest absolute Gasteiger partial charge is 0.595 e. The quantitative estimate of drug-likeness (QED) is 0.404. The van der Waals surface area contributed by atoms with Gasteiger partial charge in [-0.05, 0) is 48.9 Å². The third kappa shape index (κ3) is 4.73. The molecule has 0 saturated heterocycles. The summed E-state index contributed by atoms with van der Waals surface area (Å²) in [6.07, 6.45) is 1.27. The van der Waals surface area contributed by atoms with Gasteiger partial charge in [0.1, 0.15) is 24.2 Å². The molecule has 0 fully saturated rings. The van der Waals surface area contributed by atoms with E-state index < -0.39 is 5.23 Å². The molecular weight excluding hydrogens is 414 g/mol. The van der Waals surface area contributed by atoms with Crippen molar-refractivity contribution >= 4 is 16.7 Å². The SMILES string of the molecule is CCOc1ccccc1Oc1coc2cc(OCc3ccc([NH+]([O-])O)cc3)ccc2c1=O. The lowest BCUT2D eigenvalue weighted by Crippen LogP contribution is -2.99. The zero-order chi connectivity index (χ0) is 22.5. The fourth-order valence-electron chi connectivity index (χ4n) is 3.09. The smallest absolute Gasteiger partial charge is 0.235 e. The number of rotatable bonds is 8. The monoisotopic (exact) mass is 435 g/mol. The zero-order valence-corrected chi connectivity index (χ0v) is 17.2. The van der Waals surface area contributed by atoms with Crippen molar-refractivity contribution in [3.05, 3.63) is 94.0 Å². The Balaban J connectivity index is 1.51. The first-order chi connectivity index (χ1) is 15.5. The first kappa shape index (κ1) is 21.4. The minimum atomic E-state index is -0.980. The first-order valence-corrected chi connectivity index (χ1v) is 9.95. The van der Waals surface area contributed by atoms with Crippen molar-refractivity contribution in [2.75, 3.05) is 6.61 Å². The standard InChI is InChI=1S/C24H21NO7/c1-2-29-20-5-3-4-6-21(20)32-23-15-31-22-13-18(11-12-19(22)24(23)26)30-14-16-7-9-17(10-8-16)25(27)28/h3-13,15,25,27H,2,14H2,1H3. The van der Waals surface area contributed by atoms with Crippen molar-refractivity contribution in [3.63, 3.8) is 0 Å². The van der Waals surface area contributed by atoms with E-state index in [2.05, 4.69) is 0 Å². The molecule has 4 rings (SSSR count). The molecule has 0 amide bonds. The van der Waals surface area contributed by atoms with E-state index in [0.29, 0.717) is 34.8 Å². The molecule has 1 aromatic heterocycles. The summed E-state index contributed by atoms with van der Waals surface area (Å²) in [5.41, 5.74) is 1.07. The summed E-state index contributed by atoms with van der Waals surface area (Å²) in [5.74, 6) is 1.53. The van der Waals surface area contributed by atoms with E-state index >= 15 is 0 Å². The molecule has 8 heteroatoms. The van der Waals surface area contributed by atoms with Gasteiger partial charge in [0.25, 0.3) is 0 Å². The van der Waals surface area contributed by atoms with Gasteiger partial charge >= 0.3 is 0 Å². The normalized spacial score (nSPS) is 11.8. The van der Waals surface area contributed by atoms with Gasteiger partial charge in [-0.3, -0.25) is 4.79 Å². The van der Waals surface area contributed by atoms with E-state index in [4.69, 9.17) is 23.8 Å². The topological polar surface area (TPSA) is 106 Å². The highest BCUT2D eigenvalue weighted by atomic mass is 16.8. The Labute approximate surface area is 183 Å². The van der Waals surface area contributed by atoms with Gasteiger partial charge in [-0.15, -0.1) is 0 Å². The molecule has 4 aromatic rings. The van der Waals surface area contributed by atoms with Crippen LogP contribution < -0.4 is 24.9 Å². The second-order valence-corrected chi connectivity index (χ2v) is 6.86. The van der Waals surface area contributed by atoms with Crippen molar-refractivity contribution in [2.45, 2.75) is 13.5 Å². The molecule has 3 aromatic carbocycles. The van der Waals surface area contributed by atoms with Crippen LogP contribution >= 0.6 is 0 Å². The van der Waals surface area contributed by atoms with Crippen LogP contribution in [0.15, 0.2) is 82.2 Å². The molecule has 1 atom stereocenters. The molecule has 0 aliphatic carbocycles. The number of ether oxygens (including phenoxy) is 3. The molecule has 0 spiro atoms. The van der Waals surface area contributed by atoms with Crippen molar-refractivity contribution < 1.29 is 29.1 Å². The number of quaternary nitrogens is 1. The molecule has 164 valence electrons. The maximum atomic E-state index is 12.9. The predicted molar refractivity (Wildman–Crippen MR) is 117 cm³/mol. The average Bonchev–Trinajstić information content (AvgIpc) is 2.81. The maximum absolute atomic E-state index is 12.9. The number of hydrogen-bond acceptors (Lipinski definition) is 7. The van der Waals surface area contributed by atoms with Crippen LogP contribution in [0.3, 0.4) is 0 Å². The molecule has 2 N–H and O–H groups in total. The average molecular weight is 435 g/mol. The molecular formula is C24H21NO7. The number of nitrogens with one attached hydrogen (secondary N) is 1. The van der Waals surface area contributed by atoms with Crippen LogP contribution in [0.2, 0.25) is 0 Å². The Kier molecular flexibility index (Phi) is 6.37. The molecule has 0 radical (unpaired) electrons. The maximum Gasteiger partial charge on any atom is 0.235 e. The predicted octanol–water partition coefficient (Wildman–Crippen LogP) is 3.97. The van der Waals surface area contributed by atoms with Crippen LogP contribution in [0.1, 0.15) is 12.5 Å². The minimum Gasteiger partial charge on any atom is -0.595 e. The van der Waals surface area contributed by atoms with E-state index in [1.54, 1.807) is 48.5 Å². The van der Waals surface area contributed by atoms with E-state index in [9.17, 15) is 10.0 Å². The van der Waals surface area contributed by atoms with Gasteiger partial charge in [0.2, 0.25) is 11.2 Å². The summed E-state index contributed by atoms with van der Waals surface area (Å²) in [5, 5.41) is 19.3. The van der Waals surface area contributed by atoms with E-state index in [1.165, 1.54) is 18.4 Å². The summed E-state index contributed by atoms with van der Waals surface area (Å²) in [4.78, 5) is 12.9. The van der Waals surface area contributed by atoms with Gasteiger partial charge in [0, 0.05) is 18.2 Å². The first-order valence-electron chi connectivity index (χ1n) is 9.95. The van der Waals surface area contributed by atoms with Gasteiger partial charge in [-0.2, -0.15) is 5.23 Å². The molecule has 0 aliphatic heterocycles. The molecule has 1 unspecified atom stereocenters. The lowest BCUT2D eigenvalue weighted by molar-refractivity contribution is -0.991. The summed E-state index contributed by atoms with van der Waals surface area (Å²) in [7, 11) is 0. The van der Waals surface area contributed by atoms with Gasteiger partial charge in [0.05, 0.1) is 12.0 Å². The Bertz CT molecular complexity index is 1270. The molecule has 0 aliphatic rings. The molecule has 32 heavy (non-hydrogen) atoms. The van der Waals surface area contributed by atoms with Gasteiger partial charge < -0.3 is 23.8 Å². The number of benzene rings is 3. The van der Waals surface area contributed by atoms with Crippen LogP contribution in [0.4, 0.5) is 5.69 Å². The fraction of sp³-hybridized carbons (Fsp3) is 0.125. The van der Waals surface area contributed by atoms with Crippen molar-refractivity contribution in [1.29, 1.82) is 0 Å². The second-order valence-electron chi connectivity index (χ2n) is 6.86. The van der Waals surface area contributed by atoms with Gasteiger partial charge in [0.15, 0.2) is 17.2 Å². The zero-order valence-electron chi connectivity index (χ0n) is 17.2. The van der Waals surface area contributed by atoms with Crippen LogP contribution in [0.5, 0.6) is 23.0 Å². The number of fused-ring (bicyclic) bond motifs is 1. The van der Waals surface area contributed by atoms with Gasteiger partial charge in [-0.25, -0.2) is 5.21 Å². The highest BCUT2D eigenvalue weighted by molar-refractivity contribution is 5.79. The minimum absolute atomic E-state index is 0.0526. The van der Waals surface area contributed by atoms with E-state index in [0.717, 1.165) is 5.56 Å². The fourth-order valence-corrected chi connectivity index (χ4v) is 3.09. The lowest BCUT2D eigenvalue weighted by Gasteiger charge is -2.12. The third-order valence-corrected chi connectivity index (χ3v) is 4.69. The van der Waals surface area contributed by atoms with Crippen LogP contribution in [-0.4, -0.2) is 11.8 Å². The Morgan fingerprint density at radius 2 is 1.72 bits per heavy atom. The Hall–Kier alpha value is -3.85. The highest BCUT2D eigenvalue weighted by Gasteiger charge is 2.13. The summed E-state index contributed by atoms with van der Waals surface area (Å²) >= 11 is 0. The molecule has 1 heterocycles. The molecule has 0 bridgehead atoms. The molecule has 0 saturated carbocycles. The van der Waals surface area contributed by atoms with Gasteiger partial charge in [-0.1, -0.05) is 12.1 Å². The lowest BCUT2D eigenvalue weighted by atomic mass is 10.2. The van der Waals surface area contributed by atoms with Crippen LogP contribution in [0.25, 0.3) is 11.0 Å². The van der Waals surface area contributed by atoms with Crippen molar-refractivity contribution in [2.24, 2.45) is 0 Å². The summed E-state index contributed by atoms with van der Waals surface area (Å²) < 4.78 is 22.7. The second kappa shape index (κ2) is 9.52. The number of para-hydroxylation sites is 2. The summed E-state index contributed by atoms with van der Waals surface area (Å²) in [6, 6.07) is 18.4. The third-order valence-electron chi connectivity index (χ3n) is 4.69. The summed E-state index contributed by atoms with van der Waals surface area (Å²) in [6.45, 7) is 2.58. The van der Waals surface area contributed by atoms with E-state index in [1.807, 2.05) is 13.0 Å². The van der Waals surface area contributed by atoms with E-state index in [-0.39, 0.29) is 23.5 Å². The Morgan fingerprint density at radius 3 is 2.44 bits per heavy atom. The number of hydrogen-bond donors (Lipinski definition) is 2. The van der Waals surface area contributed by atoms with Crippen molar-refractivity contribution in [3.8, 4) is 23.0 Å².